The van der Waals surface area contributed by atoms with Gasteiger partial charge in [0.2, 0.25) is 23.6 Å². The van der Waals surface area contributed by atoms with Crippen LogP contribution in [0.5, 0.6) is 0 Å². The molecule has 2 bridgehead atoms. The molecule has 0 aliphatic carbocycles. The summed E-state index contributed by atoms with van der Waals surface area (Å²) in [5, 5.41) is 10.3. The number of carbonyl (C=O) groups excluding carboxylic acids is 10. The van der Waals surface area contributed by atoms with E-state index in [0.29, 0.717) is 22.1 Å². The molecule has 4 aromatic rings. The molecular weight excluding hydrogens is 1050 g/mol. The molecule has 0 saturated carbocycles. The summed E-state index contributed by atoms with van der Waals surface area (Å²) in [4.78, 5) is 167. The zero-order valence-corrected chi connectivity index (χ0v) is 47.2. The minimum atomic E-state index is -1.66. The maximum absolute atomic E-state index is 15.4. The lowest BCUT2D eigenvalue weighted by Gasteiger charge is -2.39. The third-order valence-electron chi connectivity index (χ3n) is 13.6. The molecule has 0 radical (unpaired) electrons. The van der Waals surface area contributed by atoms with Crippen molar-refractivity contribution in [1.29, 1.82) is 0 Å². The summed E-state index contributed by atoms with van der Waals surface area (Å²) in [5.74, 6) is -10.2. The number of thioether (sulfide) groups is 1. The highest BCUT2D eigenvalue weighted by Crippen LogP contribution is 2.29. The Bertz CT molecular complexity index is 2970. The van der Waals surface area contributed by atoms with Crippen molar-refractivity contribution in [2.45, 2.75) is 94.5 Å². The second-order valence-electron chi connectivity index (χ2n) is 19.9. The molecular formula is C52H67N12O12S2+. The lowest BCUT2D eigenvalue weighted by molar-refractivity contribution is -0.160. The fourth-order valence-corrected chi connectivity index (χ4v) is 13.2. The lowest BCUT2D eigenvalue weighted by Crippen LogP contribution is -2.62. The molecule has 24 nitrogen and oxygen atoms in total. The molecule has 2 fully saturated rings. The first-order valence-corrected chi connectivity index (χ1v) is 28.2. The summed E-state index contributed by atoms with van der Waals surface area (Å²) in [5.41, 5.74) is 1.39. The third kappa shape index (κ3) is 13.4. The number of carbonyl (C=O) groups is 10. The van der Waals surface area contributed by atoms with E-state index in [1.54, 1.807) is 88.7 Å². The van der Waals surface area contributed by atoms with Crippen LogP contribution in [0, 0.1) is 11.8 Å². The molecule has 6 rings (SSSR count). The van der Waals surface area contributed by atoms with Crippen molar-refractivity contribution in [3.8, 4) is 0 Å². The van der Waals surface area contributed by atoms with Crippen LogP contribution in [0.1, 0.15) is 62.5 Å². The zero-order valence-electron chi connectivity index (χ0n) is 45.5. The van der Waals surface area contributed by atoms with Gasteiger partial charge in [0.1, 0.15) is 66.6 Å². The van der Waals surface area contributed by atoms with Crippen molar-refractivity contribution in [3.63, 3.8) is 0 Å². The highest BCUT2D eigenvalue weighted by atomic mass is 32.2. The molecule has 2 aliphatic heterocycles. The Morgan fingerprint density at radius 2 is 1.01 bits per heavy atom. The standard InChI is InChI=1S/C52H66N12O12S2/c1-26(2)39-50(73)75-23-37(60-43(66)35-22-54-31-18-14-16-20-33(31)58-35)45(68)56-29(6)47(70)64(10)41-49(72)63(9)40(27(3)4)51(74)76-24-36(59-42(65)34-21-53-30-17-13-15-19-32(30)57-34)44(67)55-28(5)46(69)61(7)38(48(71)62(39)8)25-78(12)52(41)77-11/h13-22,26-29,36-41,52H,23-25H2,1-12H3,(H3-,55,56,59,60,65,66,67,68)/p+1/t28-,29+,36-,37?,38?,39-,40+,41?,52?,78?/m1/s1. The van der Waals surface area contributed by atoms with E-state index in [2.05, 4.69) is 41.2 Å². The molecule has 4 heterocycles. The molecule has 5 unspecified atom stereocenters. The van der Waals surface area contributed by atoms with Crippen LogP contribution in [-0.4, -0.2) is 211 Å². The number of aromatic nitrogens is 4. The minimum Gasteiger partial charge on any atom is -0.461 e. The Morgan fingerprint density at radius 1 is 0.615 bits per heavy atom. The minimum absolute atomic E-state index is 0.161. The summed E-state index contributed by atoms with van der Waals surface area (Å²) in [6.07, 6.45) is 5.86. The number of fused-ring (bicyclic) bond motifs is 6. The van der Waals surface area contributed by atoms with E-state index in [1.807, 2.05) is 0 Å². The molecule has 10 atom stereocenters. The van der Waals surface area contributed by atoms with Gasteiger partial charge in [0, 0.05) is 39.1 Å². The summed E-state index contributed by atoms with van der Waals surface area (Å²) < 4.78 is 10.6. The molecule has 2 saturated heterocycles. The van der Waals surface area contributed by atoms with Crippen LogP contribution < -0.4 is 21.3 Å². The molecule has 4 N–H and O–H groups in total. The first-order valence-electron chi connectivity index (χ1n) is 25.1. The second-order valence-corrected chi connectivity index (χ2v) is 23.4. The van der Waals surface area contributed by atoms with Gasteiger partial charge in [-0.2, -0.15) is 0 Å². The van der Waals surface area contributed by atoms with Gasteiger partial charge in [0.05, 0.1) is 40.7 Å². The van der Waals surface area contributed by atoms with Gasteiger partial charge in [-0.05, 0) is 56.2 Å². The van der Waals surface area contributed by atoms with E-state index in [1.165, 1.54) is 66.2 Å². The van der Waals surface area contributed by atoms with Gasteiger partial charge in [-0.25, -0.2) is 19.6 Å². The molecule has 2 aromatic heterocycles. The first-order chi connectivity index (χ1) is 36.9. The largest absolute Gasteiger partial charge is 0.461 e. The van der Waals surface area contributed by atoms with Gasteiger partial charge in [-0.1, -0.05) is 52.0 Å². The van der Waals surface area contributed by atoms with Gasteiger partial charge in [-0.3, -0.25) is 48.3 Å². The van der Waals surface area contributed by atoms with Crippen LogP contribution in [0.3, 0.4) is 0 Å². The van der Waals surface area contributed by atoms with Crippen molar-refractivity contribution < 1.29 is 57.4 Å². The summed E-state index contributed by atoms with van der Waals surface area (Å²) >= 11 is 1.19. The first kappa shape index (κ1) is 59.8. The quantitative estimate of drug-likeness (QED) is 0.141. The molecule has 2 aliphatic rings. The third-order valence-corrected chi connectivity index (χ3v) is 17.7. The van der Waals surface area contributed by atoms with Gasteiger partial charge in [0.15, 0.2) is 16.7 Å². The molecule has 2 aromatic carbocycles. The van der Waals surface area contributed by atoms with E-state index in [-0.39, 0.29) is 17.1 Å². The van der Waals surface area contributed by atoms with Crippen LogP contribution in [0.4, 0.5) is 0 Å². The number of para-hydroxylation sites is 4. The number of cyclic esters (lactones) is 2. The Labute approximate surface area is 458 Å². The van der Waals surface area contributed by atoms with Crippen molar-refractivity contribution in [1.82, 2.24) is 60.8 Å². The number of amides is 8. The van der Waals surface area contributed by atoms with Crippen LogP contribution in [0.2, 0.25) is 0 Å². The number of benzene rings is 2. The van der Waals surface area contributed by atoms with Crippen LogP contribution in [0.15, 0.2) is 60.9 Å². The predicted octanol–water partition coefficient (Wildman–Crippen LogP) is 0.150. The van der Waals surface area contributed by atoms with Gasteiger partial charge < -0.3 is 50.3 Å². The van der Waals surface area contributed by atoms with Gasteiger partial charge in [0.25, 0.3) is 23.6 Å². The number of ether oxygens (including phenoxy) is 2. The van der Waals surface area contributed by atoms with Crippen molar-refractivity contribution in [2.24, 2.45) is 11.8 Å². The number of nitrogens with zero attached hydrogens (tertiary/aromatic N) is 8. The SMILES string of the molecule is CSC1C2C(=O)N(C)[C@@H](C(C)C)C(=O)OC[C@@H](NC(=O)c3cnc4ccccc4n3)C(=O)N[C@H](C)C(=O)N(C)C(C[S+]1C)C(=O)N(C)[C@H](C(C)C)C(=O)OCC(NC(=O)c1cnc3ccccc3n1)C(=O)N[C@@H](C)C(=O)N2C. The Hall–Kier alpha value is -7.48. The van der Waals surface area contributed by atoms with E-state index >= 15 is 9.59 Å². The Kier molecular flexibility index (Phi) is 19.8. The average molecular weight is 1120 g/mol. The zero-order chi connectivity index (χ0) is 57.4. The molecule has 0 spiro atoms. The fraction of sp³-hybridized carbons (Fsp3) is 0.500. The number of likely N-dealkylation sites (N-methyl/N-ethyl adjacent to an activating group) is 4. The lowest BCUT2D eigenvalue weighted by atomic mass is 10.0. The van der Waals surface area contributed by atoms with Crippen molar-refractivity contribution in [3.05, 3.63) is 72.3 Å². The monoisotopic (exact) mass is 1120 g/mol. The van der Waals surface area contributed by atoms with Gasteiger partial charge >= 0.3 is 11.9 Å². The Morgan fingerprint density at radius 3 is 1.42 bits per heavy atom. The highest BCUT2D eigenvalue weighted by Gasteiger charge is 2.50. The maximum Gasteiger partial charge on any atom is 0.329 e. The molecule has 26 heteroatoms. The van der Waals surface area contributed by atoms with Crippen molar-refractivity contribution >= 4 is 104 Å². The topological polar surface area (TPSA) is 302 Å². The number of nitrogens with one attached hydrogen (secondary N) is 4. The van der Waals surface area contributed by atoms with E-state index in [4.69, 9.17) is 9.47 Å². The summed E-state index contributed by atoms with van der Waals surface area (Å²) in [7, 11) is 4.27. The van der Waals surface area contributed by atoms with Crippen LogP contribution in [0.25, 0.3) is 22.1 Å². The van der Waals surface area contributed by atoms with Gasteiger partial charge in [-0.15, -0.1) is 11.8 Å². The van der Waals surface area contributed by atoms with E-state index < -0.39 is 148 Å². The van der Waals surface area contributed by atoms with Crippen LogP contribution in [-0.2, 0) is 58.7 Å². The molecule has 78 heavy (non-hydrogen) atoms. The van der Waals surface area contributed by atoms with Crippen LogP contribution >= 0.6 is 11.8 Å². The smallest absolute Gasteiger partial charge is 0.329 e. The van der Waals surface area contributed by atoms with E-state index in [0.717, 1.165) is 19.6 Å². The molecule has 8 amide bonds. The average Bonchev–Trinajstić information content (AvgIpc) is 3.42. The number of hydrogen-bond donors (Lipinski definition) is 4. The van der Waals surface area contributed by atoms with E-state index in [9.17, 15) is 38.4 Å². The summed E-state index contributed by atoms with van der Waals surface area (Å²) in [6, 6.07) is 1.88. The Balaban J connectivity index is 1.45. The number of hydrogen-bond acceptors (Lipinski definition) is 17. The predicted molar refractivity (Wildman–Crippen MR) is 290 cm³/mol. The second kappa shape index (κ2) is 25.8. The fourth-order valence-electron chi connectivity index (χ4n) is 9.26. The summed E-state index contributed by atoms with van der Waals surface area (Å²) in [6.45, 7) is 7.76. The normalized spacial score (nSPS) is 26.2. The highest BCUT2D eigenvalue weighted by molar-refractivity contribution is 8.15. The molecule has 418 valence electrons. The maximum atomic E-state index is 15.4. The number of rotatable bonds is 7. The van der Waals surface area contributed by atoms with Crippen molar-refractivity contribution in [2.75, 3.05) is 59.7 Å². The number of esters is 2.